The van der Waals surface area contributed by atoms with Gasteiger partial charge in [-0.3, -0.25) is 9.89 Å². The summed E-state index contributed by atoms with van der Waals surface area (Å²) in [6.45, 7) is 2.07. The molecule has 1 aromatic carbocycles. The predicted molar refractivity (Wildman–Crippen MR) is 76.1 cm³/mol. The maximum Gasteiger partial charge on any atom is 0.212 e. The van der Waals surface area contributed by atoms with Gasteiger partial charge in [-0.1, -0.05) is 18.7 Å². The van der Waals surface area contributed by atoms with E-state index in [1.807, 2.05) is 0 Å². The number of allylic oxidation sites excluding steroid dienone is 1. The first-order chi connectivity index (χ1) is 9.69. The van der Waals surface area contributed by atoms with E-state index in [4.69, 9.17) is 0 Å². The topological polar surface area (TPSA) is 58.6 Å². The minimum Gasteiger partial charge on any atom is -0.289 e. The Kier molecular flexibility index (Phi) is 5.06. The van der Waals surface area contributed by atoms with Crippen LogP contribution in [0, 0.1) is 5.82 Å². The Hall–Kier alpha value is -1.95. The van der Waals surface area contributed by atoms with Gasteiger partial charge in [0.15, 0.2) is 5.78 Å². The molecule has 1 N–H and O–H groups in total. The summed E-state index contributed by atoms with van der Waals surface area (Å²) < 4.78 is 12.7. The Bertz CT molecular complexity index is 607. The second-order valence-electron chi connectivity index (χ2n) is 4.11. The molecule has 0 aliphatic rings. The Morgan fingerprint density at radius 3 is 2.85 bits per heavy atom. The lowest BCUT2D eigenvalue weighted by atomic mass is 10.1. The van der Waals surface area contributed by atoms with Crippen molar-refractivity contribution in [2.24, 2.45) is 0 Å². The van der Waals surface area contributed by atoms with E-state index >= 15 is 0 Å². The van der Waals surface area contributed by atoms with Crippen LogP contribution in [0.25, 0.3) is 0 Å². The summed E-state index contributed by atoms with van der Waals surface area (Å²) in [5.74, 6) is 0.305. The van der Waals surface area contributed by atoms with Crippen molar-refractivity contribution in [3.63, 3.8) is 0 Å². The van der Waals surface area contributed by atoms with E-state index in [-0.39, 0.29) is 11.6 Å². The van der Waals surface area contributed by atoms with E-state index in [0.29, 0.717) is 10.7 Å². The molecular weight excluding hydrogens is 277 g/mol. The quantitative estimate of drug-likeness (QED) is 0.503. The number of carbonyl (C=O) groups is 1. The van der Waals surface area contributed by atoms with Crippen molar-refractivity contribution < 1.29 is 9.18 Å². The maximum absolute atomic E-state index is 12.7. The molecule has 1 heterocycles. The molecule has 0 unspecified atom stereocenters. The number of aromatic amines is 1. The van der Waals surface area contributed by atoms with Crippen LogP contribution in [0.2, 0.25) is 0 Å². The first-order valence-electron chi connectivity index (χ1n) is 6.23. The Morgan fingerprint density at radius 2 is 2.15 bits per heavy atom. The number of thioether (sulfide) groups is 1. The van der Waals surface area contributed by atoms with Crippen LogP contribution < -0.4 is 0 Å². The van der Waals surface area contributed by atoms with Crippen LogP contribution in [0.15, 0.2) is 40.9 Å². The molecule has 0 spiro atoms. The SMILES string of the molecule is CCCc1nc(S/C=C/C(=O)c2ccc(F)cc2)n[nH]1. The van der Waals surface area contributed by atoms with Gasteiger partial charge in [0.25, 0.3) is 0 Å². The maximum atomic E-state index is 12.7. The van der Waals surface area contributed by atoms with E-state index in [1.165, 1.54) is 42.1 Å². The fourth-order valence-electron chi connectivity index (χ4n) is 1.55. The van der Waals surface area contributed by atoms with Crippen molar-refractivity contribution in [2.75, 3.05) is 0 Å². The molecule has 1 aromatic heterocycles. The largest absolute Gasteiger partial charge is 0.289 e. The molecule has 0 fully saturated rings. The first-order valence-corrected chi connectivity index (χ1v) is 7.11. The second kappa shape index (κ2) is 7.00. The zero-order valence-corrected chi connectivity index (χ0v) is 11.8. The van der Waals surface area contributed by atoms with Crippen molar-refractivity contribution in [2.45, 2.75) is 24.9 Å². The Balaban J connectivity index is 1.92. The molecule has 4 nitrogen and oxygen atoms in total. The normalized spacial score (nSPS) is 11.1. The molecular formula is C14H14FN3OS. The molecule has 0 radical (unpaired) electrons. The zero-order valence-electron chi connectivity index (χ0n) is 11.0. The lowest BCUT2D eigenvalue weighted by Crippen LogP contribution is -1.93. The second-order valence-corrected chi connectivity index (χ2v) is 4.98. The van der Waals surface area contributed by atoms with Crippen molar-refractivity contribution in [1.82, 2.24) is 15.2 Å². The molecule has 2 rings (SSSR count). The van der Waals surface area contributed by atoms with Crippen molar-refractivity contribution in [1.29, 1.82) is 0 Å². The smallest absolute Gasteiger partial charge is 0.212 e. The number of nitrogens with one attached hydrogen (secondary N) is 1. The van der Waals surface area contributed by atoms with Crippen LogP contribution in [0.5, 0.6) is 0 Å². The standard InChI is InChI=1S/C14H14FN3OS/c1-2-3-13-16-14(18-17-13)20-9-8-12(19)10-4-6-11(15)7-5-10/h4-9H,2-3H2,1H3,(H,16,17,18)/b9-8+. The van der Waals surface area contributed by atoms with Gasteiger partial charge in [0.05, 0.1) is 0 Å². The summed E-state index contributed by atoms with van der Waals surface area (Å²) in [5.41, 5.74) is 0.449. The number of halogens is 1. The highest BCUT2D eigenvalue weighted by molar-refractivity contribution is 8.02. The molecule has 0 aliphatic carbocycles. The van der Waals surface area contributed by atoms with Gasteiger partial charge in [0, 0.05) is 12.0 Å². The highest BCUT2D eigenvalue weighted by atomic mass is 32.2. The number of ketones is 1. The van der Waals surface area contributed by atoms with E-state index < -0.39 is 0 Å². The summed E-state index contributed by atoms with van der Waals surface area (Å²) in [7, 11) is 0. The fraction of sp³-hybridized carbons (Fsp3) is 0.214. The van der Waals surface area contributed by atoms with Crippen molar-refractivity contribution in [3.8, 4) is 0 Å². The fourth-order valence-corrected chi connectivity index (χ4v) is 2.12. The third kappa shape index (κ3) is 4.03. The lowest BCUT2D eigenvalue weighted by Gasteiger charge is -1.94. The number of carbonyl (C=O) groups excluding carboxylic acids is 1. The number of hydrogen-bond donors (Lipinski definition) is 1. The molecule has 0 saturated heterocycles. The van der Waals surface area contributed by atoms with Crippen LogP contribution in [0.3, 0.4) is 0 Å². The van der Waals surface area contributed by atoms with Crippen LogP contribution in [0.1, 0.15) is 29.5 Å². The van der Waals surface area contributed by atoms with Gasteiger partial charge in [-0.05, 0) is 42.2 Å². The van der Waals surface area contributed by atoms with Gasteiger partial charge in [-0.15, -0.1) is 5.10 Å². The van der Waals surface area contributed by atoms with Crippen molar-refractivity contribution >= 4 is 17.5 Å². The number of benzene rings is 1. The van der Waals surface area contributed by atoms with Crippen LogP contribution in [-0.2, 0) is 6.42 Å². The first kappa shape index (κ1) is 14.5. The van der Waals surface area contributed by atoms with Crippen LogP contribution >= 0.6 is 11.8 Å². The Morgan fingerprint density at radius 1 is 1.40 bits per heavy atom. The number of rotatable bonds is 6. The minimum atomic E-state index is -0.357. The van der Waals surface area contributed by atoms with E-state index in [1.54, 1.807) is 5.41 Å². The molecule has 0 amide bonds. The predicted octanol–water partition coefficient (Wildman–Crippen LogP) is 3.39. The third-order valence-electron chi connectivity index (χ3n) is 2.52. The number of nitrogens with zero attached hydrogens (tertiary/aromatic N) is 2. The summed E-state index contributed by atoms with van der Waals surface area (Å²) >= 11 is 1.26. The van der Waals surface area contributed by atoms with Gasteiger partial charge >= 0.3 is 0 Å². The van der Waals surface area contributed by atoms with Crippen LogP contribution in [-0.4, -0.2) is 21.0 Å². The average Bonchev–Trinajstić information content (AvgIpc) is 2.87. The molecule has 0 aliphatic heterocycles. The molecule has 20 heavy (non-hydrogen) atoms. The summed E-state index contributed by atoms with van der Waals surface area (Å²) in [6, 6.07) is 5.44. The highest BCUT2D eigenvalue weighted by Gasteiger charge is 2.03. The zero-order chi connectivity index (χ0) is 14.4. The van der Waals surface area contributed by atoms with E-state index in [0.717, 1.165) is 18.7 Å². The lowest BCUT2D eigenvalue weighted by molar-refractivity contribution is 0.104. The number of H-pyrrole nitrogens is 1. The molecule has 0 bridgehead atoms. The molecule has 0 saturated carbocycles. The Labute approximate surface area is 120 Å². The van der Waals surface area contributed by atoms with E-state index in [2.05, 4.69) is 22.1 Å². The number of hydrogen-bond acceptors (Lipinski definition) is 4. The van der Waals surface area contributed by atoms with E-state index in [9.17, 15) is 9.18 Å². The van der Waals surface area contributed by atoms with Gasteiger partial charge in [-0.25, -0.2) is 9.37 Å². The molecule has 104 valence electrons. The van der Waals surface area contributed by atoms with Gasteiger partial charge in [0.2, 0.25) is 5.16 Å². The average molecular weight is 291 g/mol. The van der Waals surface area contributed by atoms with Gasteiger partial charge in [-0.2, -0.15) is 0 Å². The summed E-state index contributed by atoms with van der Waals surface area (Å²) in [6.07, 6.45) is 3.28. The number of aromatic nitrogens is 3. The third-order valence-corrected chi connectivity index (χ3v) is 3.19. The highest BCUT2D eigenvalue weighted by Crippen LogP contribution is 2.15. The summed E-state index contributed by atoms with van der Waals surface area (Å²) in [4.78, 5) is 16.0. The molecule has 0 atom stereocenters. The van der Waals surface area contributed by atoms with Crippen LogP contribution in [0.4, 0.5) is 4.39 Å². The van der Waals surface area contributed by atoms with Gasteiger partial charge in [0.1, 0.15) is 11.6 Å². The summed E-state index contributed by atoms with van der Waals surface area (Å²) in [5, 5.41) is 9.08. The number of aryl methyl sites for hydroxylation is 1. The molecule has 2 aromatic rings. The monoisotopic (exact) mass is 291 g/mol. The van der Waals surface area contributed by atoms with Crippen molar-refractivity contribution in [3.05, 3.63) is 53.0 Å². The molecule has 6 heteroatoms. The minimum absolute atomic E-state index is 0.179. The van der Waals surface area contributed by atoms with Gasteiger partial charge < -0.3 is 0 Å².